The van der Waals surface area contributed by atoms with E-state index in [2.05, 4.69) is 57.7 Å². The molecule has 0 aliphatic carbocycles. The molecule has 1 rings (SSSR count). The van der Waals surface area contributed by atoms with Crippen LogP contribution < -0.4 is 0 Å². The molecule has 1 atom stereocenters. The number of hydrogen-bond donors (Lipinski definition) is 0. The number of rotatable bonds is 3. The van der Waals surface area contributed by atoms with Gasteiger partial charge in [-0.3, -0.25) is 0 Å². The first kappa shape index (κ1) is 11.5. The van der Waals surface area contributed by atoms with Crippen LogP contribution in [0.3, 0.4) is 0 Å². The molecular weight excluding hydrogens is 188 g/mol. The molecule has 0 aliphatic rings. The molecule has 0 bridgehead atoms. The van der Waals surface area contributed by atoms with E-state index < -0.39 is 9.04 Å². The maximum absolute atomic E-state index is 5.98. The Morgan fingerprint density at radius 3 is 2.21 bits per heavy atom. The van der Waals surface area contributed by atoms with Crippen molar-refractivity contribution in [3.05, 3.63) is 35.9 Å². The summed E-state index contributed by atoms with van der Waals surface area (Å²) in [5, 5.41) is 0. The minimum Gasteiger partial charge on any atom is -0.415 e. The minimum absolute atomic E-state index is 0.0143. The smallest absolute Gasteiger partial charge is 0.178 e. The van der Waals surface area contributed by atoms with Crippen molar-refractivity contribution in [2.45, 2.75) is 39.0 Å². The molecule has 0 aromatic heterocycles. The Hall–Kier alpha value is -0.603. The normalized spacial score (nSPS) is 14.0. The third-order valence-corrected chi connectivity index (χ3v) is 4.08. The van der Waals surface area contributed by atoms with E-state index in [9.17, 15) is 0 Å². The minimum atomic E-state index is -1.05. The number of benzene rings is 1. The van der Waals surface area contributed by atoms with Gasteiger partial charge in [-0.2, -0.15) is 0 Å². The maximum Gasteiger partial charge on any atom is 0.178 e. The molecule has 0 fully saturated rings. The van der Waals surface area contributed by atoms with Gasteiger partial charge < -0.3 is 4.43 Å². The Labute approximate surface area is 88.8 Å². The van der Waals surface area contributed by atoms with Crippen LogP contribution in [0.4, 0.5) is 0 Å². The molecule has 0 saturated carbocycles. The molecule has 0 heterocycles. The second-order valence-electron chi connectivity index (χ2n) is 4.73. The van der Waals surface area contributed by atoms with E-state index in [4.69, 9.17) is 4.43 Å². The summed E-state index contributed by atoms with van der Waals surface area (Å²) in [5.74, 6) is 0. The molecule has 14 heavy (non-hydrogen) atoms. The fraction of sp³-hybridized carbons (Fsp3) is 0.500. The summed E-state index contributed by atoms with van der Waals surface area (Å²) in [6.45, 7) is 8.64. The third-order valence-electron chi connectivity index (χ3n) is 1.92. The van der Waals surface area contributed by atoms with Gasteiger partial charge in [0.2, 0.25) is 0 Å². The van der Waals surface area contributed by atoms with Crippen LogP contribution in [-0.2, 0) is 10.5 Å². The van der Waals surface area contributed by atoms with Gasteiger partial charge in [0.25, 0.3) is 0 Å². The highest BCUT2D eigenvalue weighted by Gasteiger charge is 2.16. The van der Waals surface area contributed by atoms with Crippen molar-refractivity contribution in [3.8, 4) is 0 Å². The Bertz CT molecular complexity index is 263. The van der Waals surface area contributed by atoms with Crippen molar-refractivity contribution in [2.24, 2.45) is 0 Å². The fourth-order valence-corrected chi connectivity index (χ4v) is 3.82. The largest absolute Gasteiger partial charge is 0.415 e. The van der Waals surface area contributed by atoms with E-state index >= 15 is 0 Å². The van der Waals surface area contributed by atoms with Gasteiger partial charge in [0.05, 0.1) is 0 Å². The lowest BCUT2D eigenvalue weighted by atomic mass is 10.2. The van der Waals surface area contributed by atoms with Crippen LogP contribution in [-0.4, -0.2) is 14.6 Å². The van der Waals surface area contributed by atoms with Crippen molar-refractivity contribution in [2.75, 3.05) is 0 Å². The summed E-state index contributed by atoms with van der Waals surface area (Å²) in [7, 11) is -1.05. The van der Waals surface area contributed by atoms with Crippen LogP contribution in [0.2, 0.25) is 6.55 Å². The topological polar surface area (TPSA) is 9.23 Å². The summed E-state index contributed by atoms with van der Waals surface area (Å²) in [4.78, 5) is 0. The van der Waals surface area contributed by atoms with Crippen LogP contribution in [0.25, 0.3) is 0 Å². The van der Waals surface area contributed by atoms with Crippen molar-refractivity contribution in [1.82, 2.24) is 0 Å². The van der Waals surface area contributed by atoms with E-state index in [0.717, 1.165) is 6.04 Å². The summed E-state index contributed by atoms with van der Waals surface area (Å²) in [6.07, 6.45) is 0. The van der Waals surface area contributed by atoms with Gasteiger partial charge >= 0.3 is 0 Å². The molecule has 0 radical (unpaired) electrons. The lowest BCUT2D eigenvalue weighted by Gasteiger charge is -2.24. The third kappa shape index (κ3) is 4.58. The lowest BCUT2D eigenvalue weighted by Crippen LogP contribution is -2.30. The second-order valence-corrected chi connectivity index (χ2v) is 7.00. The molecule has 1 unspecified atom stereocenters. The highest BCUT2D eigenvalue weighted by Crippen LogP contribution is 2.11. The summed E-state index contributed by atoms with van der Waals surface area (Å²) in [6, 6.07) is 11.7. The highest BCUT2D eigenvalue weighted by molar-refractivity contribution is 6.49. The Kier molecular flexibility index (Phi) is 3.90. The molecule has 78 valence electrons. The number of hydrogen-bond acceptors (Lipinski definition) is 1. The molecule has 1 aromatic rings. The summed E-state index contributed by atoms with van der Waals surface area (Å²) >= 11 is 0. The van der Waals surface area contributed by atoms with Gasteiger partial charge in [0.15, 0.2) is 9.04 Å². The van der Waals surface area contributed by atoms with Gasteiger partial charge in [-0.05, 0) is 38.9 Å². The quantitative estimate of drug-likeness (QED) is 0.694. The van der Waals surface area contributed by atoms with Crippen LogP contribution in [0.1, 0.15) is 26.3 Å². The standard InChI is InChI=1S/C12H20OSi/c1-12(2,3)13-14(4)10-11-8-6-5-7-9-11/h5-9,14H,10H2,1-4H3. The summed E-state index contributed by atoms with van der Waals surface area (Å²) < 4.78 is 5.98. The van der Waals surface area contributed by atoms with Crippen molar-refractivity contribution in [1.29, 1.82) is 0 Å². The molecule has 1 aromatic carbocycles. The first-order chi connectivity index (χ1) is 6.47. The molecule has 0 saturated heterocycles. The van der Waals surface area contributed by atoms with E-state index in [-0.39, 0.29) is 5.60 Å². The predicted molar refractivity (Wildman–Crippen MR) is 64.0 cm³/mol. The fourth-order valence-electron chi connectivity index (χ4n) is 1.59. The molecule has 0 amide bonds. The highest BCUT2D eigenvalue weighted by atomic mass is 28.3. The zero-order chi connectivity index (χ0) is 10.6. The van der Waals surface area contributed by atoms with E-state index in [1.807, 2.05) is 0 Å². The van der Waals surface area contributed by atoms with Crippen molar-refractivity contribution >= 4 is 9.04 Å². The monoisotopic (exact) mass is 208 g/mol. The van der Waals surface area contributed by atoms with Gasteiger partial charge in [0, 0.05) is 5.60 Å². The van der Waals surface area contributed by atoms with Crippen LogP contribution in [0.5, 0.6) is 0 Å². The van der Waals surface area contributed by atoms with Crippen molar-refractivity contribution in [3.63, 3.8) is 0 Å². The Balaban J connectivity index is 2.46. The molecule has 1 nitrogen and oxygen atoms in total. The van der Waals surface area contributed by atoms with Gasteiger partial charge in [-0.1, -0.05) is 30.3 Å². The lowest BCUT2D eigenvalue weighted by molar-refractivity contribution is 0.129. The molecule has 0 aliphatic heterocycles. The summed E-state index contributed by atoms with van der Waals surface area (Å²) in [5.41, 5.74) is 1.41. The Morgan fingerprint density at radius 2 is 1.71 bits per heavy atom. The molecule has 0 N–H and O–H groups in total. The zero-order valence-electron chi connectivity index (χ0n) is 9.58. The van der Waals surface area contributed by atoms with E-state index in [0.29, 0.717) is 0 Å². The van der Waals surface area contributed by atoms with Crippen LogP contribution >= 0.6 is 0 Å². The van der Waals surface area contributed by atoms with Crippen molar-refractivity contribution < 1.29 is 4.43 Å². The predicted octanol–water partition coefficient (Wildman–Crippen LogP) is 2.94. The van der Waals surface area contributed by atoms with Gasteiger partial charge in [-0.15, -0.1) is 0 Å². The first-order valence-corrected chi connectivity index (χ1v) is 7.63. The molecule has 2 heteroatoms. The molecular formula is C12H20OSi. The second kappa shape index (κ2) is 4.76. The van der Waals surface area contributed by atoms with Crippen LogP contribution in [0.15, 0.2) is 30.3 Å². The first-order valence-electron chi connectivity index (χ1n) is 5.19. The van der Waals surface area contributed by atoms with E-state index in [1.165, 1.54) is 5.56 Å². The van der Waals surface area contributed by atoms with E-state index in [1.54, 1.807) is 0 Å². The maximum atomic E-state index is 5.98. The van der Waals surface area contributed by atoms with Gasteiger partial charge in [0.1, 0.15) is 0 Å². The van der Waals surface area contributed by atoms with Crippen LogP contribution in [0, 0.1) is 0 Å². The zero-order valence-corrected chi connectivity index (χ0v) is 10.7. The average molecular weight is 208 g/mol. The SMILES string of the molecule is C[SiH](Cc1ccccc1)OC(C)(C)C. The average Bonchev–Trinajstić information content (AvgIpc) is 2.02. The molecule has 0 spiro atoms. The van der Waals surface area contributed by atoms with Gasteiger partial charge in [-0.25, -0.2) is 0 Å². The Morgan fingerprint density at radius 1 is 1.14 bits per heavy atom.